The van der Waals surface area contributed by atoms with Gasteiger partial charge < -0.3 is 5.32 Å². The maximum atomic E-state index is 12.6. The van der Waals surface area contributed by atoms with Gasteiger partial charge in [0.1, 0.15) is 6.67 Å². The van der Waals surface area contributed by atoms with Crippen LogP contribution in [-0.2, 0) is 6.42 Å². The summed E-state index contributed by atoms with van der Waals surface area (Å²) >= 11 is 0. The molecule has 2 heteroatoms. The van der Waals surface area contributed by atoms with Gasteiger partial charge in [-0.05, 0) is 42.4 Å². The molecule has 23 heavy (non-hydrogen) atoms. The Morgan fingerprint density at radius 3 is 2.52 bits per heavy atom. The Morgan fingerprint density at radius 2 is 1.96 bits per heavy atom. The summed E-state index contributed by atoms with van der Waals surface area (Å²) < 4.78 is 12.6. The van der Waals surface area contributed by atoms with Crippen LogP contribution >= 0.6 is 0 Å². The van der Waals surface area contributed by atoms with E-state index >= 15 is 0 Å². The highest BCUT2D eigenvalue weighted by Crippen LogP contribution is 2.32. The van der Waals surface area contributed by atoms with Crippen LogP contribution in [0.2, 0.25) is 0 Å². The lowest BCUT2D eigenvalue weighted by Crippen LogP contribution is -2.14. The molecule has 2 atom stereocenters. The molecule has 0 saturated carbocycles. The van der Waals surface area contributed by atoms with Crippen molar-refractivity contribution in [2.45, 2.75) is 53.0 Å². The number of hydrogen-bond acceptors (Lipinski definition) is 1. The fraction of sp³-hybridized carbons (Fsp3) is 0.524. The van der Waals surface area contributed by atoms with Crippen LogP contribution in [0.4, 0.5) is 4.39 Å². The highest BCUT2D eigenvalue weighted by Gasteiger charge is 2.26. The molecule has 0 aliphatic carbocycles. The van der Waals surface area contributed by atoms with E-state index in [-0.39, 0.29) is 6.67 Å². The van der Waals surface area contributed by atoms with Crippen LogP contribution in [0.5, 0.6) is 0 Å². The lowest BCUT2D eigenvalue weighted by atomic mass is 9.92. The van der Waals surface area contributed by atoms with Crippen LogP contribution in [0.3, 0.4) is 0 Å². The topological polar surface area (TPSA) is 12.0 Å². The summed E-state index contributed by atoms with van der Waals surface area (Å²) in [5, 5.41) is 3.57. The highest BCUT2D eigenvalue weighted by molar-refractivity contribution is 5.29. The molecule has 1 aromatic carbocycles. The van der Waals surface area contributed by atoms with Gasteiger partial charge in [0.25, 0.3) is 0 Å². The van der Waals surface area contributed by atoms with Crippen LogP contribution in [0, 0.1) is 5.92 Å². The van der Waals surface area contributed by atoms with Gasteiger partial charge in [-0.15, -0.1) is 0 Å². The molecule has 1 heterocycles. The zero-order valence-electron chi connectivity index (χ0n) is 15.1. The number of hydrogen-bond donors (Lipinski definition) is 1. The normalized spacial score (nSPS) is 21.3. The van der Waals surface area contributed by atoms with Crippen molar-refractivity contribution in [1.82, 2.24) is 5.32 Å². The standard InChI is InChI=1S/C19H26FN.C2H6/c1-3-5-15-7-9-17(10-8-15)19-13-18(14-21-19)16(6-4-2)11-12-20;1-2/h4,6-11,18-19,21H,3,5,12-14H2,1-2H3;1-2H3/b6-4-,16-11+;. The summed E-state index contributed by atoms with van der Waals surface area (Å²) in [4.78, 5) is 0. The average Bonchev–Trinajstić information content (AvgIpc) is 3.07. The molecule has 2 unspecified atom stereocenters. The predicted octanol–water partition coefficient (Wildman–Crippen LogP) is 5.79. The molecule has 1 aliphatic heterocycles. The van der Waals surface area contributed by atoms with E-state index in [0.29, 0.717) is 12.0 Å². The molecule has 128 valence electrons. The van der Waals surface area contributed by atoms with E-state index in [1.54, 1.807) is 6.08 Å². The first-order chi connectivity index (χ1) is 11.3. The fourth-order valence-electron chi connectivity index (χ4n) is 3.10. The van der Waals surface area contributed by atoms with Gasteiger partial charge in [-0.1, -0.05) is 69.7 Å². The third-order valence-electron chi connectivity index (χ3n) is 4.20. The Hall–Kier alpha value is -1.41. The molecular formula is C21H32FN. The molecule has 1 fully saturated rings. The molecule has 1 nitrogen and oxygen atoms in total. The Morgan fingerprint density at radius 1 is 1.26 bits per heavy atom. The maximum absolute atomic E-state index is 12.6. The van der Waals surface area contributed by atoms with Crippen LogP contribution in [-0.4, -0.2) is 13.2 Å². The van der Waals surface area contributed by atoms with Crippen LogP contribution in [0.25, 0.3) is 0 Å². The summed E-state index contributed by atoms with van der Waals surface area (Å²) in [6, 6.07) is 9.33. The first-order valence-electron chi connectivity index (χ1n) is 8.99. The molecule has 0 spiro atoms. The summed E-state index contributed by atoms with van der Waals surface area (Å²) in [6.07, 6.45) is 9.12. The first kappa shape index (κ1) is 19.6. The Kier molecular flexibility index (Phi) is 9.54. The number of aryl methyl sites for hydroxylation is 1. The van der Waals surface area contributed by atoms with E-state index < -0.39 is 0 Å². The lowest BCUT2D eigenvalue weighted by Gasteiger charge is -2.13. The highest BCUT2D eigenvalue weighted by atomic mass is 19.1. The summed E-state index contributed by atoms with van der Waals surface area (Å²) in [7, 11) is 0. The molecule has 0 aromatic heterocycles. The summed E-state index contributed by atoms with van der Waals surface area (Å²) in [5.74, 6) is 0.414. The van der Waals surface area contributed by atoms with Crippen molar-refractivity contribution in [1.29, 1.82) is 0 Å². The smallest absolute Gasteiger partial charge is 0.108 e. The molecule has 1 aliphatic rings. The first-order valence-corrected chi connectivity index (χ1v) is 8.99. The molecule has 0 radical (unpaired) electrons. The second-order valence-corrected chi connectivity index (χ2v) is 5.74. The van der Waals surface area contributed by atoms with Crippen molar-refractivity contribution < 1.29 is 4.39 Å². The van der Waals surface area contributed by atoms with Gasteiger partial charge >= 0.3 is 0 Å². The quantitative estimate of drug-likeness (QED) is 0.655. The van der Waals surface area contributed by atoms with Crippen molar-refractivity contribution in [2.75, 3.05) is 13.2 Å². The van der Waals surface area contributed by atoms with Crippen molar-refractivity contribution in [3.63, 3.8) is 0 Å². The van der Waals surface area contributed by atoms with Gasteiger partial charge in [-0.2, -0.15) is 0 Å². The zero-order chi connectivity index (χ0) is 17.1. The van der Waals surface area contributed by atoms with E-state index in [9.17, 15) is 4.39 Å². The van der Waals surface area contributed by atoms with Gasteiger partial charge in [0, 0.05) is 12.6 Å². The van der Waals surface area contributed by atoms with E-state index in [1.807, 2.05) is 32.9 Å². The number of alkyl halides is 1. The largest absolute Gasteiger partial charge is 0.309 e. The molecular weight excluding hydrogens is 285 g/mol. The van der Waals surface area contributed by atoms with Crippen LogP contribution < -0.4 is 5.32 Å². The lowest BCUT2D eigenvalue weighted by molar-refractivity contribution is 0.553. The van der Waals surface area contributed by atoms with Crippen molar-refractivity contribution >= 4 is 0 Å². The van der Waals surface area contributed by atoms with E-state index in [1.165, 1.54) is 17.5 Å². The minimum Gasteiger partial charge on any atom is -0.309 e. The second-order valence-electron chi connectivity index (χ2n) is 5.74. The van der Waals surface area contributed by atoms with E-state index in [2.05, 4.69) is 36.5 Å². The van der Waals surface area contributed by atoms with Gasteiger partial charge in [0.15, 0.2) is 0 Å². The Balaban J connectivity index is 0.00000127. The van der Waals surface area contributed by atoms with E-state index in [0.717, 1.165) is 25.0 Å². The van der Waals surface area contributed by atoms with Crippen molar-refractivity contribution in [2.24, 2.45) is 5.92 Å². The third kappa shape index (κ3) is 5.95. The van der Waals surface area contributed by atoms with E-state index in [4.69, 9.17) is 0 Å². The van der Waals surface area contributed by atoms with Crippen molar-refractivity contribution in [3.8, 4) is 0 Å². The minimum absolute atomic E-state index is 0.382. The Bertz CT molecular complexity index is 487. The second kappa shape index (κ2) is 11.2. The molecule has 0 amide bonds. The number of benzene rings is 1. The fourth-order valence-corrected chi connectivity index (χ4v) is 3.10. The van der Waals surface area contributed by atoms with Crippen molar-refractivity contribution in [3.05, 3.63) is 59.2 Å². The zero-order valence-corrected chi connectivity index (χ0v) is 15.1. The summed E-state index contributed by atoms with van der Waals surface area (Å²) in [6.45, 7) is 8.74. The van der Waals surface area contributed by atoms with Gasteiger partial charge in [-0.3, -0.25) is 0 Å². The SMILES string of the molecule is C/C=C\C(=C/CF)C1CNC(c2ccc(CCC)cc2)C1.CC. The Labute approximate surface area is 141 Å². The van der Waals surface area contributed by atoms with Gasteiger partial charge in [-0.25, -0.2) is 4.39 Å². The summed E-state index contributed by atoms with van der Waals surface area (Å²) in [5.41, 5.74) is 3.87. The number of halogens is 1. The molecule has 0 bridgehead atoms. The van der Waals surface area contributed by atoms with Gasteiger partial charge in [0.2, 0.25) is 0 Å². The molecule has 1 N–H and O–H groups in total. The van der Waals surface area contributed by atoms with Crippen LogP contribution in [0.1, 0.15) is 57.7 Å². The predicted molar refractivity (Wildman–Crippen MR) is 99.5 cm³/mol. The minimum atomic E-state index is -0.382. The number of nitrogens with one attached hydrogen (secondary N) is 1. The monoisotopic (exact) mass is 317 g/mol. The molecule has 1 aromatic rings. The number of allylic oxidation sites excluding steroid dienone is 3. The maximum Gasteiger partial charge on any atom is 0.108 e. The number of rotatable bonds is 6. The van der Waals surface area contributed by atoms with Gasteiger partial charge in [0.05, 0.1) is 0 Å². The van der Waals surface area contributed by atoms with Crippen LogP contribution in [0.15, 0.2) is 48.1 Å². The third-order valence-corrected chi connectivity index (χ3v) is 4.20. The molecule has 1 saturated heterocycles. The average molecular weight is 317 g/mol. The molecule has 2 rings (SSSR count).